The van der Waals surface area contributed by atoms with Gasteiger partial charge in [-0.05, 0) is 97.4 Å². The number of carbonyl (C=O) groups is 2. The Morgan fingerprint density at radius 1 is 0.811 bits per heavy atom. The number of aromatic hydroxyl groups is 1. The van der Waals surface area contributed by atoms with E-state index in [9.17, 15) is 14.7 Å². The van der Waals surface area contributed by atoms with Gasteiger partial charge in [-0.25, -0.2) is 0 Å². The Morgan fingerprint density at radius 3 is 2.32 bits per heavy atom. The first-order valence-electron chi connectivity index (χ1n) is 18.1. The van der Waals surface area contributed by atoms with E-state index in [4.69, 9.17) is 11.6 Å². The number of anilines is 2. The zero-order valence-electron chi connectivity index (χ0n) is 30.2. The molecule has 0 radical (unpaired) electrons. The third-order valence-electron chi connectivity index (χ3n) is 10.9. The van der Waals surface area contributed by atoms with Crippen molar-refractivity contribution < 1.29 is 14.7 Å². The minimum absolute atomic E-state index is 0.00991. The first kappa shape index (κ1) is 34.7. The van der Waals surface area contributed by atoms with Gasteiger partial charge in [0.15, 0.2) is 0 Å². The molecule has 2 amide bonds. The van der Waals surface area contributed by atoms with Crippen LogP contribution in [0, 0.1) is 0 Å². The van der Waals surface area contributed by atoms with E-state index in [1.165, 1.54) is 11.1 Å². The number of aryl methyl sites for hydroxylation is 2. The van der Waals surface area contributed by atoms with Crippen molar-refractivity contribution in [1.82, 2.24) is 23.8 Å². The number of carbonyl (C=O) groups excluding carboxylic acids is 2. The summed E-state index contributed by atoms with van der Waals surface area (Å²) in [5.74, 6) is -0.188. The van der Waals surface area contributed by atoms with Gasteiger partial charge in [0.25, 0.3) is 11.8 Å². The summed E-state index contributed by atoms with van der Waals surface area (Å²) in [5.41, 5.74) is 7.19. The van der Waals surface area contributed by atoms with Crippen molar-refractivity contribution in [3.63, 3.8) is 0 Å². The molecule has 1 N–H and O–H groups in total. The predicted molar refractivity (Wildman–Crippen MR) is 211 cm³/mol. The molecular formula is C43H43ClN6O3. The van der Waals surface area contributed by atoms with E-state index < -0.39 is 0 Å². The summed E-state index contributed by atoms with van der Waals surface area (Å²) >= 11 is 6.65. The molecule has 0 saturated carbocycles. The lowest BCUT2D eigenvalue weighted by atomic mass is 9.92. The van der Waals surface area contributed by atoms with Crippen LogP contribution in [0.5, 0.6) is 5.75 Å². The van der Waals surface area contributed by atoms with Crippen molar-refractivity contribution in [3.05, 3.63) is 137 Å². The summed E-state index contributed by atoms with van der Waals surface area (Å²) in [7, 11) is 6.03. The van der Waals surface area contributed by atoms with Crippen LogP contribution in [-0.4, -0.2) is 86.6 Å². The molecule has 1 saturated heterocycles. The predicted octanol–water partition coefficient (Wildman–Crippen LogP) is 7.34. The van der Waals surface area contributed by atoms with Crippen molar-refractivity contribution in [3.8, 4) is 17.0 Å². The summed E-state index contributed by atoms with van der Waals surface area (Å²) < 4.78 is 3.93. The van der Waals surface area contributed by atoms with Crippen molar-refractivity contribution in [2.75, 3.05) is 44.7 Å². The lowest BCUT2D eigenvalue weighted by Gasteiger charge is -2.41. The maximum Gasteiger partial charge on any atom is 0.264 e. The standard InChI is InChI=1S/C43H43ClN6O3/c1-45-18-20-48(21-19-45)28-36-22-29-6-4-5-7-31(29)27-49(36)43(53)38-14-8-33(44)25-39(38)41-24-32(26-47(41)3)42(52)50(34-9-12-37(51)13-10-34)35-11-15-40-30(23-35)16-17-46(40)2/h4-17,23-26,36,51H,18-22,27-28H2,1-3H3/t36-/m0/s1. The van der Waals surface area contributed by atoms with E-state index in [0.29, 0.717) is 45.3 Å². The first-order chi connectivity index (χ1) is 25.6. The monoisotopic (exact) mass is 726 g/mol. The lowest BCUT2D eigenvalue weighted by molar-refractivity contribution is 0.0536. The van der Waals surface area contributed by atoms with Crippen molar-refractivity contribution in [2.24, 2.45) is 14.1 Å². The number of fused-ring (bicyclic) bond motifs is 2. The molecule has 1 fully saturated rings. The Bertz CT molecular complexity index is 2320. The van der Waals surface area contributed by atoms with Gasteiger partial charge in [0, 0.05) is 116 Å². The number of hydrogen-bond donors (Lipinski definition) is 1. The van der Waals surface area contributed by atoms with E-state index in [1.54, 1.807) is 41.4 Å². The molecule has 53 heavy (non-hydrogen) atoms. The molecule has 9 nitrogen and oxygen atoms in total. The number of halogens is 1. The molecule has 0 spiro atoms. The second-order valence-electron chi connectivity index (χ2n) is 14.4. The number of phenolic OH excluding ortho intramolecular Hbond substituents is 1. The summed E-state index contributed by atoms with van der Waals surface area (Å²) in [4.78, 5) is 38.0. The van der Waals surface area contributed by atoms with Crippen LogP contribution in [-0.2, 0) is 27.1 Å². The lowest BCUT2D eigenvalue weighted by Crippen LogP contribution is -2.53. The Balaban J connectivity index is 1.15. The van der Waals surface area contributed by atoms with Gasteiger partial charge in [-0.1, -0.05) is 35.9 Å². The number of aromatic nitrogens is 2. The zero-order chi connectivity index (χ0) is 36.8. The normalized spacial score (nSPS) is 16.5. The van der Waals surface area contributed by atoms with Crippen molar-refractivity contribution >= 4 is 45.7 Å². The molecule has 0 bridgehead atoms. The van der Waals surface area contributed by atoms with Crippen LogP contribution >= 0.6 is 11.6 Å². The average molecular weight is 727 g/mol. The summed E-state index contributed by atoms with van der Waals surface area (Å²) in [6, 6.07) is 30.3. The van der Waals surface area contributed by atoms with Crippen LogP contribution in [0.4, 0.5) is 11.4 Å². The molecule has 10 heteroatoms. The highest BCUT2D eigenvalue weighted by atomic mass is 35.5. The molecule has 0 unspecified atom stereocenters. The van der Waals surface area contributed by atoms with Gasteiger partial charge in [-0.3, -0.25) is 19.4 Å². The fourth-order valence-electron chi connectivity index (χ4n) is 7.86. The fraction of sp³-hybridized carbons (Fsp3) is 0.256. The van der Waals surface area contributed by atoms with Gasteiger partial charge in [0.1, 0.15) is 5.75 Å². The molecule has 0 aliphatic carbocycles. The second kappa shape index (κ2) is 14.2. The van der Waals surface area contributed by atoms with E-state index in [0.717, 1.165) is 50.0 Å². The number of benzene rings is 4. The van der Waals surface area contributed by atoms with E-state index in [-0.39, 0.29) is 23.6 Å². The molecule has 2 aromatic heterocycles. The van der Waals surface area contributed by atoms with Crippen molar-refractivity contribution in [1.29, 1.82) is 0 Å². The number of likely N-dealkylation sites (N-methyl/N-ethyl adjacent to an activating group) is 1. The zero-order valence-corrected chi connectivity index (χ0v) is 31.0. The maximum absolute atomic E-state index is 14.8. The summed E-state index contributed by atoms with van der Waals surface area (Å²) in [6.07, 6.45) is 4.59. The fourth-order valence-corrected chi connectivity index (χ4v) is 8.03. The van der Waals surface area contributed by atoms with Gasteiger partial charge in [0.05, 0.1) is 5.56 Å². The van der Waals surface area contributed by atoms with E-state index in [1.807, 2.05) is 82.9 Å². The number of phenols is 1. The third-order valence-corrected chi connectivity index (χ3v) is 11.1. The van der Waals surface area contributed by atoms with E-state index in [2.05, 4.69) is 35.0 Å². The molecule has 6 aromatic rings. The summed E-state index contributed by atoms with van der Waals surface area (Å²) in [6.45, 7) is 5.31. The van der Waals surface area contributed by atoms with Gasteiger partial charge < -0.3 is 24.0 Å². The highest BCUT2D eigenvalue weighted by Gasteiger charge is 2.34. The van der Waals surface area contributed by atoms with Crippen LogP contribution in [0.25, 0.3) is 22.2 Å². The highest BCUT2D eigenvalue weighted by molar-refractivity contribution is 6.31. The average Bonchev–Trinajstić information content (AvgIpc) is 3.74. The Kier molecular flexibility index (Phi) is 9.32. The minimum atomic E-state index is -0.248. The van der Waals surface area contributed by atoms with Crippen LogP contribution in [0.2, 0.25) is 5.02 Å². The maximum atomic E-state index is 14.8. The Labute approximate surface area is 314 Å². The Morgan fingerprint density at radius 2 is 1.55 bits per heavy atom. The molecule has 2 aliphatic heterocycles. The minimum Gasteiger partial charge on any atom is -0.508 e. The van der Waals surface area contributed by atoms with Crippen molar-refractivity contribution in [2.45, 2.75) is 19.0 Å². The summed E-state index contributed by atoms with van der Waals surface area (Å²) in [5, 5.41) is 11.6. The quantitative estimate of drug-likeness (QED) is 0.187. The first-order valence-corrected chi connectivity index (χ1v) is 18.4. The number of nitrogens with zero attached hydrogens (tertiary/aromatic N) is 6. The van der Waals surface area contributed by atoms with Crippen LogP contribution < -0.4 is 4.90 Å². The topological polar surface area (TPSA) is 77.2 Å². The molecule has 4 aromatic carbocycles. The van der Waals surface area contributed by atoms with E-state index >= 15 is 0 Å². The molecule has 4 heterocycles. The number of amides is 2. The number of rotatable bonds is 7. The smallest absolute Gasteiger partial charge is 0.264 e. The number of hydrogen-bond acceptors (Lipinski definition) is 5. The highest BCUT2D eigenvalue weighted by Crippen LogP contribution is 2.35. The molecule has 8 rings (SSSR count). The third kappa shape index (κ3) is 6.83. The van der Waals surface area contributed by atoms with Gasteiger partial charge in [-0.2, -0.15) is 0 Å². The molecular weight excluding hydrogens is 684 g/mol. The second-order valence-corrected chi connectivity index (χ2v) is 14.8. The largest absolute Gasteiger partial charge is 0.508 e. The van der Waals surface area contributed by atoms with Crippen LogP contribution in [0.1, 0.15) is 31.8 Å². The molecule has 270 valence electrons. The van der Waals surface area contributed by atoms with Gasteiger partial charge >= 0.3 is 0 Å². The van der Waals surface area contributed by atoms with Gasteiger partial charge in [-0.15, -0.1) is 0 Å². The molecule has 2 aliphatic rings. The Hall–Kier alpha value is -5.35. The SMILES string of the molecule is CN1CCN(C[C@@H]2Cc3ccccc3CN2C(=O)c2ccc(Cl)cc2-c2cc(C(=O)N(c3ccc(O)cc3)c3ccc4c(ccn4C)c3)cn2C)CC1. The van der Waals surface area contributed by atoms with Crippen LogP contribution in [0.15, 0.2) is 109 Å². The van der Waals surface area contributed by atoms with Crippen LogP contribution in [0.3, 0.4) is 0 Å². The number of piperazine rings is 1. The molecule has 1 atom stereocenters. The van der Waals surface area contributed by atoms with Gasteiger partial charge in [0.2, 0.25) is 0 Å².